The van der Waals surface area contributed by atoms with Crippen LogP contribution in [0.3, 0.4) is 0 Å². The summed E-state index contributed by atoms with van der Waals surface area (Å²) in [5, 5.41) is 9.62. The van der Waals surface area contributed by atoms with Gasteiger partial charge in [-0.15, -0.1) is 0 Å². The second-order valence-electron chi connectivity index (χ2n) is 4.99. The van der Waals surface area contributed by atoms with E-state index in [1.165, 1.54) is 0 Å². The molecule has 0 spiro atoms. The lowest BCUT2D eigenvalue weighted by atomic mass is 10.1. The Morgan fingerprint density at radius 2 is 2.15 bits per heavy atom. The number of halogens is 1. The van der Waals surface area contributed by atoms with Crippen LogP contribution in [0.1, 0.15) is 41.5 Å². The number of benzene rings is 1. The Morgan fingerprint density at radius 3 is 2.70 bits per heavy atom. The van der Waals surface area contributed by atoms with Crippen LogP contribution in [0, 0.1) is 6.92 Å². The zero-order valence-corrected chi connectivity index (χ0v) is 13.2. The number of aryl methyl sites for hydroxylation is 1. The van der Waals surface area contributed by atoms with E-state index in [1.807, 2.05) is 39.0 Å². The molecule has 0 aliphatic heterocycles. The molecule has 5 nitrogen and oxygen atoms in total. The molecule has 0 bridgehead atoms. The fourth-order valence-corrected chi connectivity index (χ4v) is 2.47. The summed E-state index contributed by atoms with van der Waals surface area (Å²) >= 11 is 3.42. The first-order chi connectivity index (χ1) is 9.40. The summed E-state index contributed by atoms with van der Waals surface area (Å²) < 4.78 is 0.823. The Kier molecular flexibility index (Phi) is 4.13. The maximum Gasteiger partial charge on any atom is 0.278 e. The molecule has 4 N–H and O–H groups in total. The molecular weight excluding hydrogens is 320 g/mol. The van der Waals surface area contributed by atoms with Gasteiger partial charge in [-0.3, -0.25) is 9.89 Å². The van der Waals surface area contributed by atoms with Gasteiger partial charge in [0, 0.05) is 4.47 Å². The molecule has 0 unspecified atom stereocenters. The van der Waals surface area contributed by atoms with E-state index in [1.54, 1.807) is 0 Å². The highest BCUT2D eigenvalue weighted by molar-refractivity contribution is 9.10. The number of nitrogens with one attached hydrogen (secondary N) is 2. The number of H-pyrrole nitrogens is 1. The van der Waals surface area contributed by atoms with Crippen LogP contribution in [0.2, 0.25) is 0 Å². The Bertz CT molecular complexity index is 649. The van der Waals surface area contributed by atoms with E-state index in [-0.39, 0.29) is 17.5 Å². The summed E-state index contributed by atoms with van der Waals surface area (Å²) in [6.07, 6.45) is 0. The maximum absolute atomic E-state index is 12.2. The van der Waals surface area contributed by atoms with Crippen molar-refractivity contribution in [3.8, 4) is 0 Å². The number of nitrogen functional groups attached to an aromatic ring is 1. The molecule has 20 heavy (non-hydrogen) atoms. The van der Waals surface area contributed by atoms with Crippen molar-refractivity contribution in [3.63, 3.8) is 0 Å². The zero-order valence-electron chi connectivity index (χ0n) is 11.6. The smallest absolute Gasteiger partial charge is 0.278 e. The molecule has 0 fully saturated rings. The molecule has 2 aromatic rings. The van der Waals surface area contributed by atoms with Crippen LogP contribution in [0.5, 0.6) is 0 Å². The van der Waals surface area contributed by atoms with E-state index in [2.05, 4.69) is 31.4 Å². The van der Waals surface area contributed by atoms with Crippen LogP contribution in [-0.4, -0.2) is 16.1 Å². The van der Waals surface area contributed by atoms with Gasteiger partial charge in [0.25, 0.3) is 5.91 Å². The lowest BCUT2D eigenvalue weighted by molar-refractivity contribution is 0.102. The minimum absolute atomic E-state index is 0.190. The summed E-state index contributed by atoms with van der Waals surface area (Å²) in [6.45, 7) is 5.96. The highest BCUT2D eigenvalue weighted by Gasteiger charge is 2.19. The second-order valence-corrected chi connectivity index (χ2v) is 5.85. The summed E-state index contributed by atoms with van der Waals surface area (Å²) in [6, 6.07) is 5.69. The number of nitrogens with two attached hydrogens (primary N) is 1. The number of anilines is 2. The molecule has 0 aliphatic rings. The number of aromatic amines is 1. The second kappa shape index (κ2) is 5.66. The lowest BCUT2D eigenvalue weighted by Crippen LogP contribution is -2.14. The van der Waals surface area contributed by atoms with Crippen molar-refractivity contribution in [2.45, 2.75) is 26.7 Å². The highest BCUT2D eigenvalue weighted by Crippen LogP contribution is 2.26. The molecule has 1 amide bonds. The molecule has 1 aromatic heterocycles. The number of hydrogen-bond acceptors (Lipinski definition) is 3. The Hall–Kier alpha value is -1.82. The average Bonchev–Trinajstić information content (AvgIpc) is 2.74. The predicted octanol–water partition coefficient (Wildman–Crippen LogP) is 3.44. The molecule has 0 radical (unpaired) electrons. The summed E-state index contributed by atoms with van der Waals surface area (Å²) in [4.78, 5) is 12.2. The quantitative estimate of drug-likeness (QED) is 0.802. The van der Waals surface area contributed by atoms with E-state index < -0.39 is 0 Å². The van der Waals surface area contributed by atoms with Crippen molar-refractivity contribution in [3.05, 3.63) is 39.6 Å². The van der Waals surface area contributed by atoms with Crippen molar-refractivity contribution in [1.29, 1.82) is 0 Å². The maximum atomic E-state index is 12.2. The Morgan fingerprint density at radius 1 is 1.45 bits per heavy atom. The SMILES string of the molecule is Cc1ccc(NC(=O)c2n[nH]c(C(C)C)c2N)c(Br)c1. The molecule has 6 heteroatoms. The molecule has 0 saturated heterocycles. The van der Waals surface area contributed by atoms with Gasteiger partial charge in [0.1, 0.15) is 0 Å². The van der Waals surface area contributed by atoms with Gasteiger partial charge in [-0.25, -0.2) is 0 Å². The highest BCUT2D eigenvalue weighted by atomic mass is 79.9. The summed E-state index contributed by atoms with van der Waals surface area (Å²) in [5.41, 5.74) is 9.15. The van der Waals surface area contributed by atoms with Crippen LogP contribution in [-0.2, 0) is 0 Å². The fraction of sp³-hybridized carbons (Fsp3) is 0.286. The van der Waals surface area contributed by atoms with Crippen LogP contribution in [0.4, 0.5) is 11.4 Å². The van der Waals surface area contributed by atoms with Crippen molar-refractivity contribution in [1.82, 2.24) is 10.2 Å². The van der Waals surface area contributed by atoms with Gasteiger partial charge in [-0.1, -0.05) is 19.9 Å². The van der Waals surface area contributed by atoms with Gasteiger partial charge >= 0.3 is 0 Å². The minimum atomic E-state index is -0.324. The van der Waals surface area contributed by atoms with E-state index in [0.717, 1.165) is 15.7 Å². The number of aromatic nitrogens is 2. The third-order valence-corrected chi connectivity index (χ3v) is 3.65. The van der Waals surface area contributed by atoms with Crippen molar-refractivity contribution >= 4 is 33.2 Å². The third kappa shape index (κ3) is 2.85. The van der Waals surface area contributed by atoms with E-state index in [0.29, 0.717) is 11.4 Å². The van der Waals surface area contributed by atoms with E-state index in [4.69, 9.17) is 5.73 Å². The fourth-order valence-electron chi connectivity index (χ4n) is 1.88. The van der Waals surface area contributed by atoms with Crippen LogP contribution < -0.4 is 11.1 Å². The number of rotatable bonds is 3. The number of hydrogen-bond donors (Lipinski definition) is 3. The standard InChI is InChI=1S/C14H17BrN4O/c1-7(2)12-11(16)13(19-18-12)14(20)17-10-5-4-8(3)6-9(10)15/h4-7H,16H2,1-3H3,(H,17,20)(H,18,19). The van der Waals surface area contributed by atoms with E-state index >= 15 is 0 Å². The molecule has 0 saturated carbocycles. The van der Waals surface area contributed by atoms with Crippen LogP contribution >= 0.6 is 15.9 Å². The number of carbonyl (C=O) groups excluding carboxylic acids is 1. The van der Waals surface area contributed by atoms with Gasteiger partial charge in [0.15, 0.2) is 5.69 Å². The molecule has 1 aromatic carbocycles. The van der Waals surface area contributed by atoms with Gasteiger partial charge in [-0.2, -0.15) is 5.10 Å². The van der Waals surface area contributed by atoms with Crippen LogP contribution in [0.15, 0.2) is 22.7 Å². The van der Waals surface area contributed by atoms with E-state index in [9.17, 15) is 4.79 Å². The van der Waals surface area contributed by atoms with Gasteiger partial charge in [0.2, 0.25) is 0 Å². The molecule has 0 atom stereocenters. The molecule has 106 valence electrons. The minimum Gasteiger partial charge on any atom is -0.395 e. The molecular formula is C14H17BrN4O. The normalized spacial score (nSPS) is 10.8. The first kappa shape index (κ1) is 14.6. The average molecular weight is 337 g/mol. The summed E-state index contributed by atoms with van der Waals surface area (Å²) in [5.74, 6) is -0.134. The first-order valence-electron chi connectivity index (χ1n) is 6.31. The first-order valence-corrected chi connectivity index (χ1v) is 7.10. The number of nitrogens with zero attached hydrogens (tertiary/aromatic N) is 1. The third-order valence-electron chi connectivity index (χ3n) is 3.00. The Balaban J connectivity index is 2.24. The van der Waals surface area contributed by atoms with Crippen LogP contribution in [0.25, 0.3) is 0 Å². The molecule has 2 rings (SSSR count). The number of amides is 1. The Labute approximate surface area is 126 Å². The lowest BCUT2D eigenvalue weighted by Gasteiger charge is -2.07. The summed E-state index contributed by atoms with van der Waals surface area (Å²) in [7, 11) is 0. The largest absolute Gasteiger partial charge is 0.395 e. The van der Waals surface area contributed by atoms with Crippen molar-refractivity contribution in [2.24, 2.45) is 0 Å². The van der Waals surface area contributed by atoms with Gasteiger partial charge in [-0.05, 0) is 46.5 Å². The number of carbonyl (C=O) groups is 1. The topological polar surface area (TPSA) is 83.8 Å². The molecule has 0 aliphatic carbocycles. The van der Waals surface area contributed by atoms with Gasteiger partial charge in [0.05, 0.1) is 17.1 Å². The zero-order chi connectivity index (χ0) is 14.9. The van der Waals surface area contributed by atoms with Crippen molar-refractivity contribution in [2.75, 3.05) is 11.1 Å². The van der Waals surface area contributed by atoms with Crippen molar-refractivity contribution < 1.29 is 4.79 Å². The predicted molar refractivity (Wildman–Crippen MR) is 83.9 cm³/mol. The van der Waals surface area contributed by atoms with Gasteiger partial charge < -0.3 is 11.1 Å². The monoisotopic (exact) mass is 336 g/mol. The molecule has 1 heterocycles.